The standard InChI is InChI=1S/C20H22N6O2S/c27-18(25-19-26-23-9-29-19)14-8-22-17-13(1-2-21-17)16(14)24-15-11-3-10-4-12(15)7-20(28,5-10)6-11/h1-2,8-12,15,28H,3-7H2,(H2,21,22,24)(H,25,26,27). The lowest BCUT2D eigenvalue weighted by atomic mass is 9.52. The molecule has 4 aliphatic carbocycles. The summed E-state index contributed by atoms with van der Waals surface area (Å²) in [4.78, 5) is 20.5. The molecule has 2 unspecified atom stereocenters. The molecule has 2 atom stereocenters. The van der Waals surface area contributed by atoms with E-state index in [0.29, 0.717) is 28.4 Å². The molecule has 0 spiro atoms. The Bertz CT molecular complexity index is 1060. The second-order valence-corrected chi connectivity index (χ2v) is 9.68. The molecule has 3 aromatic heterocycles. The minimum Gasteiger partial charge on any atom is -0.390 e. The first-order valence-corrected chi connectivity index (χ1v) is 11.0. The van der Waals surface area contributed by atoms with E-state index in [1.54, 1.807) is 11.7 Å². The molecule has 0 aliphatic heterocycles. The molecule has 7 rings (SSSR count). The van der Waals surface area contributed by atoms with Gasteiger partial charge in [-0.05, 0) is 55.9 Å². The zero-order valence-corrected chi connectivity index (χ0v) is 16.6. The Hall–Kier alpha value is -2.52. The number of nitrogens with zero attached hydrogens (tertiary/aromatic N) is 3. The highest BCUT2D eigenvalue weighted by Crippen LogP contribution is 2.56. The van der Waals surface area contributed by atoms with E-state index >= 15 is 0 Å². The second kappa shape index (κ2) is 6.24. The van der Waals surface area contributed by atoms with Crippen LogP contribution in [0.25, 0.3) is 11.0 Å². The molecule has 4 bridgehead atoms. The molecule has 4 N–H and O–H groups in total. The molecule has 4 fully saturated rings. The Kier molecular flexibility index (Phi) is 3.73. The number of hydrogen-bond acceptors (Lipinski definition) is 7. The number of rotatable bonds is 4. The molecule has 3 aromatic rings. The summed E-state index contributed by atoms with van der Waals surface area (Å²) in [6.07, 6.45) is 8.43. The zero-order chi connectivity index (χ0) is 19.6. The van der Waals surface area contributed by atoms with Gasteiger partial charge in [-0.25, -0.2) is 4.98 Å². The van der Waals surface area contributed by atoms with Gasteiger partial charge in [0.2, 0.25) is 5.13 Å². The zero-order valence-electron chi connectivity index (χ0n) is 15.8. The molecular formula is C20H22N6O2S. The molecule has 29 heavy (non-hydrogen) atoms. The second-order valence-electron chi connectivity index (χ2n) is 8.85. The Labute approximate surface area is 171 Å². The normalized spacial score (nSPS) is 32.6. The van der Waals surface area contributed by atoms with E-state index < -0.39 is 5.60 Å². The molecule has 4 aliphatic rings. The number of carbonyl (C=O) groups excluding carboxylic acids is 1. The van der Waals surface area contributed by atoms with E-state index in [2.05, 4.69) is 30.8 Å². The van der Waals surface area contributed by atoms with Crippen LogP contribution in [0.2, 0.25) is 0 Å². The maximum absolute atomic E-state index is 13.0. The maximum Gasteiger partial charge on any atom is 0.261 e. The van der Waals surface area contributed by atoms with Gasteiger partial charge < -0.3 is 15.4 Å². The lowest BCUT2D eigenvalue weighted by Crippen LogP contribution is -2.59. The lowest BCUT2D eigenvalue weighted by Gasteiger charge is -2.58. The summed E-state index contributed by atoms with van der Waals surface area (Å²) in [6, 6.07) is 2.22. The molecule has 0 radical (unpaired) electrons. The van der Waals surface area contributed by atoms with Gasteiger partial charge in [-0.2, -0.15) is 0 Å². The van der Waals surface area contributed by atoms with Crippen LogP contribution in [0.4, 0.5) is 10.8 Å². The van der Waals surface area contributed by atoms with Crippen molar-refractivity contribution in [1.29, 1.82) is 0 Å². The van der Waals surface area contributed by atoms with E-state index in [9.17, 15) is 9.90 Å². The van der Waals surface area contributed by atoms with Crippen molar-refractivity contribution in [2.75, 3.05) is 10.6 Å². The number of aromatic nitrogens is 4. The van der Waals surface area contributed by atoms with Crippen LogP contribution in [0.15, 0.2) is 24.0 Å². The maximum atomic E-state index is 13.0. The molecule has 150 valence electrons. The number of aromatic amines is 1. The Morgan fingerprint density at radius 3 is 2.83 bits per heavy atom. The van der Waals surface area contributed by atoms with Crippen molar-refractivity contribution in [2.24, 2.45) is 17.8 Å². The number of carbonyl (C=O) groups is 1. The smallest absolute Gasteiger partial charge is 0.261 e. The van der Waals surface area contributed by atoms with Crippen molar-refractivity contribution >= 4 is 39.1 Å². The highest BCUT2D eigenvalue weighted by molar-refractivity contribution is 7.13. The van der Waals surface area contributed by atoms with Gasteiger partial charge >= 0.3 is 0 Å². The summed E-state index contributed by atoms with van der Waals surface area (Å²) in [5.41, 5.74) is 3.17. The van der Waals surface area contributed by atoms with Crippen molar-refractivity contribution in [3.05, 3.63) is 29.5 Å². The number of anilines is 2. The van der Waals surface area contributed by atoms with Crippen molar-refractivity contribution in [2.45, 2.75) is 43.7 Å². The summed E-state index contributed by atoms with van der Waals surface area (Å²) < 4.78 is 0. The molecule has 9 heteroatoms. The molecule has 4 saturated carbocycles. The predicted octanol–water partition coefficient (Wildman–Crippen LogP) is 3.02. The van der Waals surface area contributed by atoms with Gasteiger partial charge in [0.25, 0.3) is 5.91 Å². The third-order valence-corrected chi connectivity index (χ3v) is 7.57. The topological polar surface area (TPSA) is 116 Å². The molecule has 8 nitrogen and oxygen atoms in total. The number of amides is 1. The third-order valence-electron chi connectivity index (χ3n) is 6.96. The van der Waals surface area contributed by atoms with E-state index in [1.165, 1.54) is 11.3 Å². The van der Waals surface area contributed by atoms with Gasteiger partial charge in [0.15, 0.2) is 0 Å². The highest BCUT2D eigenvalue weighted by atomic mass is 32.1. The molecule has 1 amide bonds. The Balaban J connectivity index is 1.36. The Morgan fingerprint density at radius 1 is 1.28 bits per heavy atom. The monoisotopic (exact) mass is 410 g/mol. The van der Waals surface area contributed by atoms with Gasteiger partial charge in [-0.1, -0.05) is 11.3 Å². The number of aliphatic hydroxyl groups is 1. The summed E-state index contributed by atoms with van der Waals surface area (Å²) in [5.74, 6) is 1.27. The largest absolute Gasteiger partial charge is 0.390 e. The van der Waals surface area contributed by atoms with Crippen molar-refractivity contribution < 1.29 is 9.90 Å². The summed E-state index contributed by atoms with van der Waals surface area (Å²) >= 11 is 1.28. The fraction of sp³-hybridized carbons (Fsp3) is 0.500. The number of nitrogens with one attached hydrogen (secondary N) is 3. The van der Waals surface area contributed by atoms with Crippen LogP contribution in [0.5, 0.6) is 0 Å². The minimum absolute atomic E-state index is 0.248. The van der Waals surface area contributed by atoms with Crippen LogP contribution >= 0.6 is 11.3 Å². The van der Waals surface area contributed by atoms with Crippen molar-refractivity contribution in [1.82, 2.24) is 20.2 Å². The summed E-state index contributed by atoms with van der Waals surface area (Å²) in [6.45, 7) is 0. The molecule has 0 saturated heterocycles. The van der Waals surface area contributed by atoms with E-state index in [0.717, 1.165) is 48.8 Å². The van der Waals surface area contributed by atoms with E-state index in [4.69, 9.17) is 0 Å². The van der Waals surface area contributed by atoms with Crippen LogP contribution in [-0.4, -0.2) is 42.8 Å². The first kappa shape index (κ1) is 17.3. The summed E-state index contributed by atoms with van der Waals surface area (Å²) in [7, 11) is 0. The predicted molar refractivity (Wildman–Crippen MR) is 110 cm³/mol. The average molecular weight is 411 g/mol. The van der Waals surface area contributed by atoms with Crippen LogP contribution in [0.1, 0.15) is 42.5 Å². The van der Waals surface area contributed by atoms with Gasteiger partial charge in [0.1, 0.15) is 11.2 Å². The number of fused-ring (bicyclic) bond motifs is 1. The van der Waals surface area contributed by atoms with Crippen LogP contribution in [-0.2, 0) is 0 Å². The van der Waals surface area contributed by atoms with Gasteiger partial charge in [0, 0.05) is 23.8 Å². The SMILES string of the molecule is O=C(Nc1nncs1)c1cnc2[nH]ccc2c1NC1C2CC3CC1CC(O)(C3)C2. The molecular weight excluding hydrogens is 388 g/mol. The van der Waals surface area contributed by atoms with Gasteiger partial charge in [0.05, 0.1) is 16.9 Å². The van der Waals surface area contributed by atoms with Crippen LogP contribution in [0, 0.1) is 17.8 Å². The number of H-pyrrole nitrogens is 1. The fourth-order valence-electron chi connectivity index (χ4n) is 6.11. The Morgan fingerprint density at radius 2 is 2.10 bits per heavy atom. The first-order chi connectivity index (χ1) is 14.1. The minimum atomic E-state index is -0.478. The highest BCUT2D eigenvalue weighted by Gasteiger charge is 2.54. The summed E-state index contributed by atoms with van der Waals surface area (Å²) in [5, 5.41) is 26.5. The lowest BCUT2D eigenvalue weighted by molar-refractivity contribution is -0.129. The molecule has 0 aromatic carbocycles. The van der Waals surface area contributed by atoms with Crippen molar-refractivity contribution in [3.63, 3.8) is 0 Å². The van der Waals surface area contributed by atoms with E-state index in [1.807, 2.05) is 12.3 Å². The van der Waals surface area contributed by atoms with Gasteiger partial charge in [-0.3, -0.25) is 10.1 Å². The van der Waals surface area contributed by atoms with Crippen LogP contribution < -0.4 is 10.6 Å². The number of hydrogen-bond donors (Lipinski definition) is 4. The van der Waals surface area contributed by atoms with Crippen LogP contribution in [0.3, 0.4) is 0 Å². The number of pyridine rings is 1. The molecule has 3 heterocycles. The van der Waals surface area contributed by atoms with Gasteiger partial charge in [-0.15, -0.1) is 10.2 Å². The quantitative estimate of drug-likeness (QED) is 0.525. The first-order valence-electron chi connectivity index (χ1n) is 10.1. The average Bonchev–Trinajstić information content (AvgIpc) is 3.34. The fourth-order valence-corrected chi connectivity index (χ4v) is 6.55. The van der Waals surface area contributed by atoms with E-state index in [-0.39, 0.29) is 11.9 Å². The third kappa shape index (κ3) is 2.83. The van der Waals surface area contributed by atoms with Crippen molar-refractivity contribution in [3.8, 4) is 0 Å².